The first-order valence-corrected chi connectivity index (χ1v) is 3.32. The van der Waals surface area contributed by atoms with Crippen LogP contribution in [0.1, 0.15) is 2.85 Å². The Morgan fingerprint density at radius 1 is 1.62 bits per heavy atom. The van der Waals surface area contributed by atoms with E-state index in [1.54, 1.807) is 0 Å². The molecule has 0 bridgehead atoms. The van der Waals surface area contributed by atoms with E-state index in [2.05, 4.69) is 0 Å². The van der Waals surface area contributed by atoms with Gasteiger partial charge in [-0.2, -0.15) is 8.42 Å². The molecule has 0 aromatic carbocycles. The van der Waals surface area contributed by atoms with E-state index in [4.69, 9.17) is 10.3 Å². The Morgan fingerprint density at radius 2 is 2.00 bits per heavy atom. The van der Waals surface area contributed by atoms with E-state index in [0.717, 1.165) is 0 Å². The predicted octanol–water partition coefficient (Wildman–Crippen LogP) is -1.32. The van der Waals surface area contributed by atoms with Crippen molar-refractivity contribution in [2.24, 2.45) is 5.73 Å². The zero-order valence-electron chi connectivity index (χ0n) is 6.37. The summed E-state index contributed by atoms with van der Waals surface area (Å²) in [5.74, 6) is -0.354. The first-order chi connectivity index (χ1) is 3.06. The Labute approximate surface area is 88.4 Å². The molecule has 0 amide bonds. The molecule has 0 saturated carbocycles. The Bertz CT molecular complexity index is 137. The molecule has 48 valence electrons. The maximum atomic E-state index is 9.71. The van der Waals surface area contributed by atoms with E-state index < -0.39 is 10.1 Å². The summed E-state index contributed by atoms with van der Waals surface area (Å²) in [5, 5.41) is 0. The molecule has 0 aliphatic carbocycles. The Hall–Kier alpha value is 1.35. The van der Waals surface area contributed by atoms with Crippen LogP contribution in [0.2, 0.25) is 0 Å². The van der Waals surface area contributed by atoms with E-state index in [9.17, 15) is 8.42 Å². The SMILES string of the molecule is NCCS(=O)(=O)O.[H-].[H-].[Sr+2]. The van der Waals surface area contributed by atoms with Crippen molar-refractivity contribution in [3.05, 3.63) is 0 Å². The van der Waals surface area contributed by atoms with Crippen LogP contribution in [0.5, 0.6) is 0 Å². The third-order valence-corrected chi connectivity index (χ3v) is 1.13. The third-order valence-electron chi connectivity index (χ3n) is 0.376. The first kappa shape index (κ1) is 12.1. The normalized spacial score (nSPS) is 10.2. The van der Waals surface area contributed by atoms with Crippen molar-refractivity contribution in [3.8, 4) is 0 Å². The molecule has 0 unspecified atom stereocenters. The van der Waals surface area contributed by atoms with Gasteiger partial charge in [0.1, 0.15) is 0 Å². The smallest absolute Gasteiger partial charge is 1.00 e. The van der Waals surface area contributed by atoms with E-state index in [1.165, 1.54) is 0 Å². The second-order valence-corrected chi connectivity index (χ2v) is 2.65. The minimum absolute atomic E-state index is 0. The van der Waals surface area contributed by atoms with Crippen molar-refractivity contribution in [1.82, 2.24) is 0 Å². The Morgan fingerprint density at radius 3 is 2.00 bits per heavy atom. The van der Waals surface area contributed by atoms with Crippen molar-refractivity contribution in [1.29, 1.82) is 0 Å². The number of rotatable bonds is 2. The van der Waals surface area contributed by atoms with Crippen molar-refractivity contribution in [2.75, 3.05) is 12.3 Å². The summed E-state index contributed by atoms with van der Waals surface area (Å²) in [4.78, 5) is 0. The predicted molar refractivity (Wildman–Crippen MR) is 33.4 cm³/mol. The van der Waals surface area contributed by atoms with Crippen LogP contribution in [0.4, 0.5) is 0 Å². The van der Waals surface area contributed by atoms with Crippen LogP contribution < -0.4 is 5.73 Å². The van der Waals surface area contributed by atoms with Gasteiger partial charge in [-0.3, -0.25) is 4.55 Å². The number of hydrogen-bond acceptors (Lipinski definition) is 3. The second-order valence-electron chi connectivity index (χ2n) is 1.07. The van der Waals surface area contributed by atoms with E-state index in [-0.39, 0.29) is 60.6 Å². The molecule has 0 spiro atoms. The summed E-state index contributed by atoms with van der Waals surface area (Å²) < 4.78 is 27.3. The molecule has 0 aromatic rings. The molecule has 3 N–H and O–H groups in total. The third kappa shape index (κ3) is 10.4. The molecule has 6 heteroatoms. The molecule has 0 aliphatic rings. The summed E-state index contributed by atoms with van der Waals surface area (Å²) in [5.41, 5.74) is 4.78. The Balaban J connectivity index is -0.0000000600. The largest absolute Gasteiger partial charge is 2.00 e. The van der Waals surface area contributed by atoms with Gasteiger partial charge in [-0.15, -0.1) is 0 Å². The zero-order chi connectivity index (χ0) is 5.91. The second kappa shape index (κ2) is 5.16. The summed E-state index contributed by atoms with van der Waals surface area (Å²) in [6.45, 7) is -0.0289. The van der Waals surface area contributed by atoms with Gasteiger partial charge in [-0.25, -0.2) is 0 Å². The van der Waals surface area contributed by atoms with Crippen LogP contribution in [0, 0.1) is 0 Å². The zero-order valence-corrected chi connectivity index (χ0v) is 8.66. The molecular formula is C2H9NO3SSr. The summed E-state index contributed by atoms with van der Waals surface area (Å²) >= 11 is 0. The number of hydrogen-bond donors (Lipinski definition) is 2. The van der Waals surface area contributed by atoms with Gasteiger partial charge in [-0.05, 0) is 0 Å². The van der Waals surface area contributed by atoms with Gasteiger partial charge >= 0.3 is 45.5 Å². The van der Waals surface area contributed by atoms with Crippen molar-refractivity contribution in [3.63, 3.8) is 0 Å². The van der Waals surface area contributed by atoms with Crippen LogP contribution >= 0.6 is 0 Å². The topological polar surface area (TPSA) is 80.4 Å². The van der Waals surface area contributed by atoms with E-state index in [1.807, 2.05) is 0 Å². The molecule has 0 rings (SSSR count). The maximum Gasteiger partial charge on any atom is 2.00 e. The van der Waals surface area contributed by atoms with Crippen molar-refractivity contribution < 1.29 is 15.8 Å². The molecule has 8 heavy (non-hydrogen) atoms. The molecule has 0 fully saturated rings. The van der Waals surface area contributed by atoms with Gasteiger partial charge in [0.2, 0.25) is 0 Å². The minimum Gasteiger partial charge on any atom is -1.00 e. The van der Waals surface area contributed by atoms with Gasteiger partial charge in [-0.1, -0.05) is 0 Å². The molecule has 0 heterocycles. The Kier molecular flexibility index (Phi) is 7.78. The standard InChI is InChI=1S/C2H7NO3S.Sr.2H/c3-1-2-7(4,5)6;;;/h1-3H2,(H,4,5,6);;;/q;+2;2*-1. The average molecular weight is 215 g/mol. The molecule has 4 nitrogen and oxygen atoms in total. The molecule has 0 aromatic heterocycles. The van der Waals surface area contributed by atoms with E-state index >= 15 is 0 Å². The van der Waals surface area contributed by atoms with Gasteiger partial charge in [0, 0.05) is 6.54 Å². The van der Waals surface area contributed by atoms with Crippen LogP contribution in [-0.4, -0.2) is 70.7 Å². The van der Waals surface area contributed by atoms with Crippen molar-refractivity contribution in [2.45, 2.75) is 0 Å². The van der Waals surface area contributed by atoms with Crippen molar-refractivity contribution >= 4 is 55.6 Å². The quantitative estimate of drug-likeness (QED) is 0.441. The van der Waals surface area contributed by atoms with Crippen LogP contribution in [0.3, 0.4) is 0 Å². The van der Waals surface area contributed by atoms with Gasteiger partial charge in [0.25, 0.3) is 10.1 Å². The van der Waals surface area contributed by atoms with Gasteiger partial charge in [0.15, 0.2) is 0 Å². The van der Waals surface area contributed by atoms with E-state index in [0.29, 0.717) is 0 Å². The molecule has 0 atom stereocenters. The van der Waals surface area contributed by atoms with Gasteiger partial charge < -0.3 is 8.59 Å². The fourth-order valence-corrected chi connectivity index (χ4v) is 0.447. The summed E-state index contributed by atoms with van der Waals surface area (Å²) in [7, 11) is -3.80. The monoisotopic (exact) mass is 215 g/mol. The maximum absolute atomic E-state index is 9.71. The fraction of sp³-hybridized carbons (Fsp3) is 1.00. The van der Waals surface area contributed by atoms with Crippen LogP contribution in [0.25, 0.3) is 0 Å². The fourth-order valence-electron chi connectivity index (χ4n) is 0.149. The molecule has 0 radical (unpaired) electrons. The van der Waals surface area contributed by atoms with Crippen LogP contribution in [0.15, 0.2) is 0 Å². The first-order valence-electron chi connectivity index (χ1n) is 1.71. The molecule has 0 aliphatic heterocycles. The molecular weight excluding hydrogens is 206 g/mol. The molecule has 0 saturated heterocycles. The average Bonchev–Trinajstić information content (AvgIpc) is 1.30. The number of nitrogens with two attached hydrogens (primary N) is 1. The summed E-state index contributed by atoms with van der Waals surface area (Å²) in [6, 6.07) is 0. The van der Waals surface area contributed by atoms with Crippen LogP contribution in [-0.2, 0) is 10.1 Å². The minimum atomic E-state index is -3.80. The van der Waals surface area contributed by atoms with Gasteiger partial charge in [0.05, 0.1) is 5.75 Å². The summed E-state index contributed by atoms with van der Waals surface area (Å²) in [6.07, 6.45) is 0.